The van der Waals surface area contributed by atoms with Gasteiger partial charge in [-0.05, 0) is 43.4 Å². The van der Waals surface area contributed by atoms with Crippen LogP contribution >= 0.6 is 15.9 Å². The lowest BCUT2D eigenvalue weighted by Gasteiger charge is -2.32. The van der Waals surface area contributed by atoms with E-state index >= 15 is 0 Å². The Kier molecular flexibility index (Phi) is 6.22. The lowest BCUT2D eigenvalue weighted by molar-refractivity contribution is 0.0664. The third kappa shape index (κ3) is 4.49. The van der Waals surface area contributed by atoms with Gasteiger partial charge in [-0.3, -0.25) is 4.79 Å². The largest absolute Gasteiger partial charge is 0.494 e. The zero-order valence-electron chi connectivity index (χ0n) is 18.8. The summed E-state index contributed by atoms with van der Waals surface area (Å²) < 4.78 is 0.923. The van der Waals surface area contributed by atoms with Crippen molar-refractivity contribution in [2.75, 3.05) is 33.2 Å². The number of amides is 1. The average Bonchev–Trinajstić information content (AvgIpc) is 3.18. The Morgan fingerprint density at radius 1 is 0.941 bits per heavy atom. The Labute approximate surface area is 206 Å². The molecule has 3 aromatic carbocycles. The van der Waals surface area contributed by atoms with Crippen LogP contribution < -0.4 is 0 Å². The predicted octanol–water partition coefficient (Wildman–Crippen LogP) is 5.19. The molecule has 5 rings (SSSR count). The van der Waals surface area contributed by atoms with E-state index in [4.69, 9.17) is 4.99 Å². The molecule has 0 atom stereocenters. The summed E-state index contributed by atoms with van der Waals surface area (Å²) in [6.45, 7) is 3.26. The van der Waals surface area contributed by atoms with E-state index in [0.717, 1.165) is 47.1 Å². The molecule has 34 heavy (non-hydrogen) atoms. The summed E-state index contributed by atoms with van der Waals surface area (Å²) in [5.74, 6) is 0.115. The molecule has 1 saturated heterocycles. The second kappa shape index (κ2) is 9.44. The van der Waals surface area contributed by atoms with Gasteiger partial charge in [-0.1, -0.05) is 52.3 Å². The van der Waals surface area contributed by atoms with Crippen molar-refractivity contribution in [1.29, 1.82) is 0 Å². The number of aliphatic imine (C=N–C) groups is 1. The molecule has 0 saturated carbocycles. The molecule has 1 fully saturated rings. The van der Waals surface area contributed by atoms with E-state index in [1.165, 1.54) is 0 Å². The predicted molar refractivity (Wildman–Crippen MR) is 139 cm³/mol. The number of piperazine rings is 1. The van der Waals surface area contributed by atoms with E-state index in [2.05, 4.69) is 32.9 Å². The molecule has 0 bridgehead atoms. The van der Waals surface area contributed by atoms with Crippen LogP contribution in [-0.4, -0.2) is 64.7 Å². The van der Waals surface area contributed by atoms with Crippen molar-refractivity contribution < 1.29 is 9.90 Å². The molecule has 7 heteroatoms. The maximum Gasteiger partial charge on any atom is 0.253 e. The molecule has 0 aliphatic carbocycles. The van der Waals surface area contributed by atoms with E-state index in [1.54, 1.807) is 0 Å². The van der Waals surface area contributed by atoms with E-state index in [-0.39, 0.29) is 11.8 Å². The SMILES string of the molecule is CN1CCN(C(=O)c2ccc(N=C(c3ccccc3)c3c(O)[nH]c4cc(Br)ccc34)cc2)CC1. The van der Waals surface area contributed by atoms with Gasteiger partial charge in [0.1, 0.15) is 0 Å². The number of carbonyl (C=O) groups excluding carboxylic acids is 1. The molecule has 1 amide bonds. The van der Waals surface area contributed by atoms with Crippen LogP contribution in [0, 0.1) is 0 Å². The van der Waals surface area contributed by atoms with Crippen LogP contribution in [0.5, 0.6) is 5.88 Å². The molecule has 6 nitrogen and oxygen atoms in total. The van der Waals surface area contributed by atoms with Crippen LogP contribution in [-0.2, 0) is 0 Å². The van der Waals surface area contributed by atoms with Crippen LogP contribution in [0.1, 0.15) is 21.5 Å². The summed E-state index contributed by atoms with van der Waals surface area (Å²) in [4.78, 5) is 25.0. The van der Waals surface area contributed by atoms with Crippen LogP contribution in [0.4, 0.5) is 5.69 Å². The van der Waals surface area contributed by atoms with Crippen molar-refractivity contribution in [2.24, 2.45) is 4.99 Å². The van der Waals surface area contributed by atoms with Crippen molar-refractivity contribution in [2.45, 2.75) is 0 Å². The van der Waals surface area contributed by atoms with Crippen LogP contribution in [0.15, 0.2) is 82.3 Å². The van der Waals surface area contributed by atoms with Gasteiger partial charge in [-0.2, -0.15) is 0 Å². The molecule has 172 valence electrons. The highest BCUT2D eigenvalue weighted by Gasteiger charge is 2.21. The number of hydrogen-bond acceptors (Lipinski definition) is 4. The highest BCUT2D eigenvalue weighted by atomic mass is 79.9. The van der Waals surface area contributed by atoms with Gasteiger partial charge in [0.05, 0.1) is 22.5 Å². The molecular weight excluding hydrogens is 492 g/mol. The number of carbonyl (C=O) groups is 1. The smallest absolute Gasteiger partial charge is 0.253 e. The first-order valence-electron chi connectivity index (χ1n) is 11.2. The summed E-state index contributed by atoms with van der Waals surface area (Å²) in [5.41, 5.74) is 4.37. The topological polar surface area (TPSA) is 71.9 Å². The van der Waals surface area contributed by atoms with E-state index < -0.39 is 0 Å². The summed E-state index contributed by atoms with van der Waals surface area (Å²) in [5, 5.41) is 11.7. The molecule has 2 heterocycles. The van der Waals surface area contributed by atoms with Crippen molar-refractivity contribution >= 4 is 44.1 Å². The average molecular weight is 517 g/mol. The zero-order valence-corrected chi connectivity index (χ0v) is 20.4. The van der Waals surface area contributed by atoms with Crippen molar-refractivity contribution in [3.05, 3.63) is 94.0 Å². The van der Waals surface area contributed by atoms with Crippen LogP contribution in [0.3, 0.4) is 0 Å². The van der Waals surface area contributed by atoms with Gasteiger partial charge in [0, 0.05) is 47.2 Å². The Balaban J connectivity index is 1.52. The van der Waals surface area contributed by atoms with Gasteiger partial charge < -0.3 is 19.9 Å². The van der Waals surface area contributed by atoms with Crippen molar-refractivity contribution in [3.8, 4) is 5.88 Å². The second-order valence-electron chi connectivity index (χ2n) is 8.51. The molecule has 1 aromatic heterocycles. The first-order valence-corrected chi connectivity index (χ1v) is 12.0. The normalized spacial score (nSPS) is 15.1. The molecule has 0 radical (unpaired) electrons. The third-order valence-corrected chi connectivity index (χ3v) is 6.66. The quantitative estimate of drug-likeness (QED) is 0.366. The molecule has 0 spiro atoms. The van der Waals surface area contributed by atoms with Crippen molar-refractivity contribution in [1.82, 2.24) is 14.8 Å². The number of aromatic hydroxyl groups is 1. The Bertz CT molecular complexity index is 1350. The minimum atomic E-state index is 0.0479. The van der Waals surface area contributed by atoms with Crippen LogP contribution in [0.25, 0.3) is 10.9 Å². The van der Waals surface area contributed by atoms with Gasteiger partial charge in [0.15, 0.2) is 5.88 Å². The maximum atomic E-state index is 12.9. The van der Waals surface area contributed by atoms with Gasteiger partial charge in [0.25, 0.3) is 5.91 Å². The fraction of sp³-hybridized carbons (Fsp3) is 0.185. The summed E-state index contributed by atoms with van der Waals surface area (Å²) in [7, 11) is 2.07. The summed E-state index contributed by atoms with van der Waals surface area (Å²) in [6, 6.07) is 23.0. The van der Waals surface area contributed by atoms with Gasteiger partial charge >= 0.3 is 0 Å². The second-order valence-corrected chi connectivity index (χ2v) is 9.42. The van der Waals surface area contributed by atoms with Crippen LogP contribution in [0.2, 0.25) is 0 Å². The number of halogens is 1. The molecule has 4 aromatic rings. The fourth-order valence-electron chi connectivity index (χ4n) is 4.26. The Morgan fingerprint density at radius 2 is 1.65 bits per heavy atom. The van der Waals surface area contributed by atoms with E-state index in [9.17, 15) is 9.90 Å². The lowest BCUT2D eigenvalue weighted by atomic mass is 10.0. The first-order chi connectivity index (χ1) is 16.5. The summed E-state index contributed by atoms with van der Waals surface area (Å²) in [6.07, 6.45) is 0. The minimum Gasteiger partial charge on any atom is -0.494 e. The van der Waals surface area contributed by atoms with Gasteiger partial charge in [-0.25, -0.2) is 4.99 Å². The number of aromatic nitrogens is 1. The standard InChI is InChI=1S/C27H25BrN4O2/c1-31-13-15-32(16-14-31)27(34)19-7-10-21(11-8-19)29-25(18-5-3-2-4-6-18)24-22-12-9-20(28)17-23(22)30-26(24)33/h2-12,17,30,33H,13-16H2,1H3. The summed E-state index contributed by atoms with van der Waals surface area (Å²) >= 11 is 3.49. The Morgan fingerprint density at radius 3 is 2.35 bits per heavy atom. The highest BCUT2D eigenvalue weighted by Crippen LogP contribution is 2.33. The number of rotatable bonds is 4. The number of fused-ring (bicyclic) bond motifs is 1. The van der Waals surface area contributed by atoms with Gasteiger partial charge in [-0.15, -0.1) is 0 Å². The Hall–Kier alpha value is -3.42. The number of aromatic amines is 1. The lowest BCUT2D eigenvalue weighted by Crippen LogP contribution is -2.47. The number of H-pyrrole nitrogens is 1. The van der Waals surface area contributed by atoms with Crippen molar-refractivity contribution in [3.63, 3.8) is 0 Å². The van der Waals surface area contributed by atoms with Gasteiger partial charge in [0.2, 0.25) is 0 Å². The minimum absolute atomic E-state index is 0.0479. The maximum absolute atomic E-state index is 12.9. The van der Waals surface area contributed by atoms with E-state index in [0.29, 0.717) is 22.5 Å². The number of nitrogens with one attached hydrogen (secondary N) is 1. The third-order valence-electron chi connectivity index (χ3n) is 6.17. The molecular formula is C27H25BrN4O2. The highest BCUT2D eigenvalue weighted by molar-refractivity contribution is 9.10. The molecule has 2 N–H and O–H groups in total. The first kappa shape index (κ1) is 22.4. The zero-order chi connectivity index (χ0) is 23.7. The number of hydrogen-bond donors (Lipinski definition) is 2. The fourth-order valence-corrected chi connectivity index (χ4v) is 4.62. The molecule has 1 aliphatic heterocycles. The number of likely N-dealkylation sites (N-methyl/N-ethyl adjacent to an activating group) is 1. The molecule has 0 unspecified atom stereocenters. The number of benzene rings is 3. The molecule has 1 aliphatic rings. The van der Waals surface area contributed by atoms with E-state index in [1.807, 2.05) is 77.7 Å². The number of nitrogens with zero attached hydrogens (tertiary/aromatic N) is 3. The monoisotopic (exact) mass is 516 g/mol.